The number of sulfonamides is 1. The number of hydrogen-bond donors (Lipinski definition) is 0. The maximum atomic E-state index is 12.4. The third-order valence-corrected chi connectivity index (χ3v) is 5.70. The zero-order chi connectivity index (χ0) is 13.5. The zero-order valence-electron chi connectivity index (χ0n) is 10.7. The molecule has 18 heavy (non-hydrogen) atoms. The van der Waals surface area contributed by atoms with Crippen molar-refractivity contribution in [2.45, 2.75) is 18.0 Å². The highest BCUT2D eigenvalue weighted by Gasteiger charge is 2.34. The van der Waals surface area contributed by atoms with Crippen molar-refractivity contribution in [2.24, 2.45) is 7.05 Å². The van der Waals surface area contributed by atoms with Crippen LogP contribution in [-0.4, -0.2) is 59.9 Å². The van der Waals surface area contributed by atoms with Crippen LogP contribution in [0, 0.1) is 0 Å². The summed E-state index contributed by atoms with van der Waals surface area (Å²) in [6.07, 6.45) is 1.41. The molecular formula is C10H17ClN4O2S. The normalized spacial score (nSPS) is 23.4. The second-order valence-electron chi connectivity index (χ2n) is 4.64. The molecule has 6 nitrogen and oxygen atoms in total. The molecule has 1 aromatic rings. The van der Waals surface area contributed by atoms with Gasteiger partial charge in [0.2, 0.25) is 5.03 Å². The Bertz CT molecular complexity index is 542. The molecule has 1 aliphatic rings. The molecule has 2 heterocycles. The first kappa shape index (κ1) is 13.8. The van der Waals surface area contributed by atoms with Crippen molar-refractivity contribution in [1.82, 2.24) is 18.8 Å². The van der Waals surface area contributed by atoms with Gasteiger partial charge < -0.3 is 9.47 Å². The minimum absolute atomic E-state index is 0.0524. The highest BCUT2D eigenvalue weighted by Crippen LogP contribution is 2.24. The number of aromatic nitrogens is 2. The van der Waals surface area contributed by atoms with Crippen LogP contribution in [0.15, 0.2) is 11.4 Å². The van der Waals surface area contributed by atoms with Gasteiger partial charge in [-0.25, -0.2) is 13.4 Å². The number of likely N-dealkylation sites (N-methyl/N-ethyl adjacent to an activating group) is 1. The summed E-state index contributed by atoms with van der Waals surface area (Å²) in [6.45, 7) is 3.65. The van der Waals surface area contributed by atoms with Crippen LogP contribution >= 0.6 is 11.6 Å². The maximum absolute atomic E-state index is 12.4. The van der Waals surface area contributed by atoms with Gasteiger partial charge in [-0.3, -0.25) is 0 Å². The molecule has 1 fully saturated rings. The largest absolute Gasteiger partial charge is 0.324 e. The van der Waals surface area contributed by atoms with Crippen LogP contribution < -0.4 is 0 Å². The van der Waals surface area contributed by atoms with E-state index in [4.69, 9.17) is 11.6 Å². The van der Waals surface area contributed by atoms with Crippen LogP contribution in [0.2, 0.25) is 5.15 Å². The van der Waals surface area contributed by atoms with Crippen LogP contribution in [0.4, 0.5) is 0 Å². The van der Waals surface area contributed by atoms with Gasteiger partial charge >= 0.3 is 0 Å². The van der Waals surface area contributed by atoms with Gasteiger partial charge in [0, 0.05) is 32.7 Å². The zero-order valence-corrected chi connectivity index (χ0v) is 12.2. The smallest absolute Gasteiger partial charge is 0.263 e. The first-order chi connectivity index (χ1) is 8.34. The number of hydrogen-bond acceptors (Lipinski definition) is 4. The molecule has 2 rings (SSSR count). The van der Waals surface area contributed by atoms with Crippen LogP contribution in [-0.2, 0) is 17.1 Å². The van der Waals surface area contributed by atoms with Crippen molar-refractivity contribution >= 4 is 21.6 Å². The first-order valence-electron chi connectivity index (χ1n) is 5.71. The molecule has 0 N–H and O–H groups in total. The summed E-state index contributed by atoms with van der Waals surface area (Å²) in [5.41, 5.74) is 0. The Morgan fingerprint density at radius 3 is 2.56 bits per heavy atom. The molecule has 0 bridgehead atoms. The average Bonchev–Trinajstić information content (AvgIpc) is 2.64. The second-order valence-corrected chi connectivity index (χ2v) is 6.86. The van der Waals surface area contributed by atoms with Gasteiger partial charge in [0.25, 0.3) is 10.0 Å². The van der Waals surface area contributed by atoms with Crippen LogP contribution in [0.1, 0.15) is 6.92 Å². The monoisotopic (exact) mass is 292 g/mol. The SMILES string of the molecule is CC1CN(S(=O)(=O)c2ncn(C)c2Cl)CCN1C. The Hall–Kier alpha value is -0.630. The molecule has 0 aromatic carbocycles. The second kappa shape index (κ2) is 4.80. The number of nitrogens with zero attached hydrogens (tertiary/aromatic N) is 4. The quantitative estimate of drug-likeness (QED) is 0.792. The summed E-state index contributed by atoms with van der Waals surface area (Å²) < 4.78 is 27.8. The molecular weight excluding hydrogens is 276 g/mol. The summed E-state index contributed by atoms with van der Waals surface area (Å²) in [5.74, 6) is 0. The fourth-order valence-corrected chi connectivity index (χ4v) is 3.82. The van der Waals surface area contributed by atoms with E-state index in [-0.39, 0.29) is 16.2 Å². The molecule has 0 amide bonds. The van der Waals surface area contributed by atoms with E-state index < -0.39 is 10.0 Å². The minimum Gasteiger partial charge on any atom is -0.324 e. The molecule has 1 aliphatic heterocycles. The predicted octanol–water partition coefficient (Wildman–Crippen LogP) is 0.398. The van der Waals surface area contributed by atoms with Gasteiger partial charge in [-0.05, 0) is 14.0 Å². The molecule has 0 spiro atoms. The Morgan fingerprint density at radius 1 is 1.39 bits per heavy atom. The number of rotatable bonds is 2. The van der Waals surface area contributed by atoms with E-state index in [9.17, 15) is 8.42 Å². The molecule has 1 saturated heterocycles. The van der Waals surface area contributed by atoms with Crippen molar-refractivity contribution in [3.05, 3.63) is 11.5 Å². The number of piperazine rings is 1. The molecule has 1 unspecified atom stereocenters. The average molecular weight is 293 g/mol. The number of imidazole rings is 1. The summed E-state index contributed by atoms with van der Waals surface area (Å²) in [5, 5.41) is 0.102. The van der Waals surface area contributed by atoms with Crippen LogP contribution in [0.25, 0.3) is 0 Å². The lowest BCUT2D eigenvalue weighted by Crippen LogP contribution is -2.51. The van der Waals surface area contributed by atoms with Gasteiger partial charge in [0.05, 0.1) is 6.33 Å². The van der Waals surface area contributed by atoms with Crippen molar-refractivity contribution in [1.29, 1.82) is 0 Å². The van der Waals surface area contributed by atoms with Gasteiger partial charge in [-0.15, -0.1) is 0 Å². The third-order valence-electron chi connectivity index (χ3n) is 3.34. The predicted molar refractivity (Wildman–Crippen MR) is 69.1 cm³/mol. The standard InChI is InChI=1S/C10H17ClN4O2S/c1-8-6-15(5-4-13(8)2)18(16,17)10-9(11)14(3)7-12-10/h7-8H,4-6H2,1-3H3. The Balaban J connectivity index is 2.30. The summed E-state index contributed by atoms with van der Waals surface area (Å²) >= 11 is 5.96. The lowest BCUT2D eigenvalue weighted by atomic mass is 10.2. The molecule has 0 aliphatic carbocycles. The summed E-state index contributed by atoms with van der Waals surface area (Å²) in [6, 6.07) is 0.191. The van der Waals surface area contributed by atoms with Crippen molar-refractivity contribution < 1.29 is 8.42 Å². The Kier molecular flexibility index (Phi) is 3.68. The highest BCUT2D eigenvalue weighted by molar-refractivity contribution is 7.89. The third kappa shape index (κ3) is 2.27. The van der Waals surface area contributed by atoms with E-state index in [0.29, 0.717) is 19.6 Å². The van der Waals surface area contributed by atoms with Crippen LogP contribution in [0.3, 0.4) is 0 Å². The van der Waals surface area contributed by atoms with Crippen molar-refractivity contribution in [2.75, 3.05) is 26.7 Å². The van der Waals surface area contributed by atoms with E-state index in [1.165, 1.54) is 15.2 Å². The van der Waals surface area contributed by atoms with E-state index >= 15 is 0 Å². The molecule has 8 heteroatoms. The van der Waals surface area contributed by atoms with Crippen molar-refractivity contribution in [3.63, 3.8) is 0 Å². The highest BCUT2D eigenvalue weighted by atomic mass is 35.5. The Morgan fingerprint density at radius 2 is 2.06 bits per heavy atom. The molecule has 1 atom stereocenters. The van der Waals surface area contributed by atoms with Crippen LogP contribution in [0.5, 0.6) is 0 Å². The topological polar surface area (TPSA) is 58.4 Å². The molecule has 102 valence electrons. The summed E-state index contributed by atoms with van der Waals surface area (Å²) in [7, 11) is 0.0706. The molecule has 0 saturated carbocycles. The maximum Gasteiger partial charge on any atom is 0.263 e. The van der Waals surface area contributed by atoms with E-state index in [1.54, 1.807) is 7.05 Å². The first-order valence-corrected chi connectivity index (χ1v) is 7.53. The lowest BCUT2D eigenvalue weighted by Gasteiger charge is -2.36. The fraction of sp³-hybridized carbons (Fsp3) is 0.700. The van der Waals surface area contributed by atoms with E-state index in [1.807, 2.05) is 14.0 Å². The van der Waals surface area contributed by atoms with Gasteiger partial charge in [-0.1, -0.05) is 11.6 Å². The Labute approximate surface area is 112 Å². The van der Waals surface area contributed by atoms with E-state index in [2.05, 4.69) is 9.88 Å². The minimum atomic E-state index is -3.59. The van der Waals surface area contributed by atoms with E-state index in [0.717, 1.165) is 0 Å². The van der Waals surface area contributed by atoms with Gasteiger partial charge in [-0.2, -0.15) is 4.31 Å². The van der Waals surface area contributed by atoms with Gasteiger partial charge in [0.1, 0.15) is 5.15 Å². The number of aryl methyl sites for hydroxylation is 1. The van der Waals surface area contributed by atoms with Crippen molar-refractivity contribution in [3.8, 4) is 0 Å². The van der Waals surface area contributed by atoms with Gasteiger partial charge in [0.15, 0.2) is 0 Å². The fourth-order valence-electron chi connectivity index (χ4n) is 1.92. The summed E-state index contributed by atoms with van der Waals surface area (Å²) in [4.78, 5) is 6.03. The number of halogens is 1. The molecule has 0 radical (unpaired) electrons. The molecule has 1 aromatic heterocycles. The lowest BCUT2D eigenvalue weighted by molar-refractivity contribution is 0.159.